The van der Waals surface area contributed by atoms with Crippen LogP contribution in [0.2, 0.25) is 0 Å². The first-order valence-electron chi connectivity index (χ1n) is 4.88. The average Bonchev–Trinajstić information content (AvgIpc) is 2.29. The van der Waals surface area contributed by atoms with Gasteiger partial charge in [-0.05, 0) is 12.5 Å². The number of hydrogen-bond acceptors (Lipinski definition) is 2. The molecule has 0 radical (unpaired) electrons. The van der Waals surface area contributed by atoms with Crippen LogP contribution in [-0.4, -0.2) is 13.2 Å². The quantitative estimate of drug-likeness (QED) is 0.797. The number of halogens is 1. The lowest BCUT2D eigenvalue weighted by Gasteiger charge is -2.17. The van der Waals surface area contributed by atoms with Gasteiger partial charge in [-0.15, -0.1) is 6.58 Å². The first-order valence-corrected chi connectivity index (χ1v) is 4.88. The van der Waals surface area contributed by atoms with Crippen LogP contribution >= 0.6 is 0 Å². The van der Waals surface area contributed by atoms with Crippen molar-refractivity contribution in [3.8, 4) is 0 Å². The van der Waals surface area contributed by atoms with E-state index in [0.717, 1.165) is 0 Å². The normalized spacial score (nSPS) is 11.6. The minimum atomic E-state index is -0.588. The van der Waals surface area contributed by atoms with Crippen molar-refractivity contribution in [1.82, 2.24) is 5.32 Å². The monoisotopic (exact) mass is 223 g/mol. The molecular formula is C12H14FNO2. The summed E-state index contributed by atoms with van der Waals surface area (Å²) in [4.78, 5) is 11.1. The highest BCUT2D eigenvalue weighted by molar-refractivity contribution is 5.67. The highest BCUT2D eigenvalue weighted by Crippen LogP contribution is 2.20. The van der Waals surface area contributed by atoms with Crippen molar-refractivity contribution >= 4 is 6.09 Å². The first-order chi connectivity index (χ1) is 7.69. The fraction of sp³-hybridized carbons (Fsp3) is 0.250. The van der Waals surface area contributed by atoms with Crippen molar-refractivity contribution in [1.29, 1.82) is 0 Å². The molecule has 1 aromatic rings. The molecule has 1 rings (SSSR count). The Hall–Kier alpha value is -1.84. The van der Waals surface area contributed by atoms with Gasteiger partial charge in [-0.25, -0.2) is 9.18 Å². The van der Waals surface area contributed by atoms with Crippen LogP contribution in [0.15, 0.2) is 36.9 Å². The number of ether oxygens (including phenoxy) is 1. The Labute approximate surface area is 93.9 Å². The van der Waals surface area contributed by atoms with Crippen molar-refractivity contribution < 1.29 is 13.9 Å². The van der Waals surface area contributed by atoms with Gasteiger partial charge >= 0.3 is 6.09 Å². The number of nitrogens with one attached hydrogen (secondary N) is 1. The fourth-order valence-corrected chi connectivity index (χ4v) is 1.39. The molecule has 4 heteroatoms. The van der Waals surface area contributed by atoms with Gasteiger partial charge < -0.3 is 10.1 Å². The van der Waals surface area contributed by atoms with Gasteiger partial charge in [-0.2, -0.15) is 0 Å². The molecule has 1 N–H and O–H groups in total. The maximum absolute atomic E-state index is 13.5. The molecule has 3 nitrogen and oxygen atoms in total. The number of amides is 1. The van der Waals surface area contributed by atoms with E-state index in [1.807, 2.05) is 0 Å². The third-order valence-electron chi connectivity index (χ3n) is 2.16. The van der Waals surface area contributed by atoms with E-state index in [1.165, 1.54) is 13.2 Å². The summed E-state index contributed by atoms with van der Waals surface area (Å²) >= 11 is 0. The predicted octanol–water partition coefficient (Wildman–Crippen LogP) is 2.80. The Morgan fingerprint density at radius 2 is 2.31 bits per heavy atom. The minimum absolute atomic E-state index is 0.356. The van der Waals surface area contributed by atoms with Crippen LogP contribution in [-0.2, 0) is 4.74 Å². The van der Waals surface area contributed by atoms with E-state index < -0.39 is 12.1 Å². The highest BCUT2D eigenvalue weighted by atomic mass is 19.1. The standard InChI is InChI=1S/C12H14FNO2/c1-3-6-11(14-12(15)16-2)9-7-4-5-8-10(9)13/h3-5,7-8,11H,1,6H2,2H3,(H,14,15)/t11-/m1/s1. The topological polar surface area (TPSA) is 38.3 Å². The summed E-state index contributed by atoms with van der Waals surface area (Å²) in [6.07, 6.45) is 1.47. The zero-order valence-electron chi connectivity index (χ0n) is 9.07. The van der Waals surface area contributed by atoms with Crippen LogP contribution in [0.25, 0.3) is 0 Å². The number of benzene rings is 1. The third-order valence-corrected chi connectivity index (χ3v) is 2.16. The summed E-state index contributed by atoms with van der Waals surface area (Å²) < 4.78 is 18.0. The van der Waals surface area contributed by atoms with Crippen molar-refractivity contribution in [2.45, 2.75) is 12.5 Å². The van der Waals surface area contributed by atoms with Crippen LogP contribution in [0.3, 0.4) is 0 Å². The molecule has 0 aromatic heterocycles. The number of carbonyl (C=O) groups is 1. The summed E-state index contributed by atoms with van der Waals surface area (Å²) in [5.41, 5.74) is 0.424. The molecule has 1 amide bonds. The van der Waals surface area contributed by atoms with Gasteiger partial charge in [0.15, 0.2) is 0 Å². The molecule has 86 valence electrons. The molecule has 0 spiro atoms. The fourth-order valence-electron chi connectivity index (χ4n) is 1.39. The molecule has 0 aliphatic carbocycles. The molecule has 0 bridgehead atoms. The Morgan fingerprint density at radius 3 is 2.88 bits per heavy atom. The van der Waals surface area contributed by atoms with E-state index in [9.17, 15) is 9.18 Å². The highest BCUT2D eigenvalue weighted by Gasteiger charge is 2.16. The van der Waals surface area contributed by atoms with Gasteiger partial charge in [0, 0.05) is 5.56 Å². The van der Waals surface area contributed by atoms with Gasteiger partial charge in [0.2, 0.25) is 0 Å². The minimum Gasteiger partial charge on any atom is -0.453 e. The third kappa shape index (κ3) is 3.08. The number of methoxy groups -OCH3 is 1. The zero-order valence-corrected chi connectivity index (χ0v) is 9.07. The Kier molecular flexibility index (Phi) is 4.51. The van der Waals surface area contributed by atoms with E-state index in [0.29, 0.717) is 12.0 Å². The van der Waals surface area contributed by atoms with Crippen molar-refractivity contribution in [3.05, 3.63) is 48.3 Å². The van der Waals surface area contributed by atoms with E-state index in [4.69, 9.17) is 0 Å². The van der Waals surface area contributed by atoms with E-state index in [-0.39, 0.29) is 5.82 Å². The molecule has 0 saturated carbocycles. The SMILES string of the molecule is C=CC[C@@H](NC(=O)OC)c1ccccc1F. The molecule has 0 aliphatic heterocycles. The van der Waals surface area contributed by atoms with Gasteiger partial charge in [0.25, 0.3) is 0 Å². The molecule has 0 heterocycles. The summed E-state index contributed by atoms with van der Waals surface area (Å²) in [5, 5.41) is 2.55. The number of rotatable bonds is 4. The largest absolute Gasteiger partial charge is 0.453 e. The predicted molar refractivity (Wildman–Crippen MR) is 59.5 cm³/mol. The summed E-state index contributed by atoms with van der Waals surface area (Å²) in [6, 6.07) is 5.84. The smallest absolute Gasteiger partial charge is 0.407 e. The molecular weight excluding hydrogens is 209 g/mol. The summed E-state index contributed by atoms with van der Waals surface area (Å²) in [7, 11) is 1.27. The lowest BCUT2D eigenvalue weighted by atomic mass is 10.0. The van der Waals surface area contributed by atoms with Gasteiger partial charge in [-0.1, -0.05) is 24.3 Å². The van der Waals surface area contributed by atoms with E-state index in [2.05, 4.69) is 16.6 Å². The van der Waals surface area contributed by atoms with Gasteiger partial charge in [0.05, 0.1) is 13.2 Å². The van der Waals surface area contributed by atoms with Gasteiger partial charge in [0.1, 0.15) is 5.82 Å². The lowest BCUT2D eigenvalue weighted by molar-refractivity contribution is 0.166. The van der Waals surface area contributed by atoms with Crippen molar-refractivity contribution in [2.75, 3.05) is 7.11 Å². The van der Waals surface area contributed by atoms with Crippen molar-refractivity contribution in [3.63, 3.8) is 0 Å². The Balaban J connectivity index is 2.89. The molecule has 0 fully saturated rings. The summed E-state index contributed by atoms with van der Waals surface area (Å²) in [6.45, 7) is 3.57. The van der Waals surface area contributed by atoms with Crippen LogP contribution in [0, 0.1) is 5.82 Å². The van der Waals surface area contributed by atoms with E-state index in [1.54, 1.807) is 24.3 Å². The summed E-state index contributed by atoms with van der Waals surface area (Å²) in [5.74, 6) is -0.356. The molecule has 16 heavy (non-hydrogen) atoms. The maximum atomic E-state index is 13.5. The van der Waals surface area contributed by atoms with Crippen LogP contribution in [0.5, 0.6) is 0 Å². The van der Waals surface area contributed by atoms with Crippen LogP contribution in [0.1, 0.15) is 18.0 Å². The Morgan fingerprint density at radius 1 is 1.62 bits per heavy atom. The maximum Gasteiger partial charge on any atom is 0.407 e. The molecule has 0 aliphatic rings. The number of alkyl carbamates (subject to hydrolysis) is 1. The van der Waals surface area contributed by atoms with Crippen molar-refractivity contribution in [2.24, 2.45) is 0 Å². The lowest BCUT2D eigenvalue weighted by Crippen LogP contribution is -2.28. The second-order valence-electron chi connectivity index (χ2n) is 3.23. The van der Waals surface area contributed by atoms with E-state index >= 15 is 0 Å². The number of carbonyl (C=O) groups excluding carboxylic acids is 1. The zero-order chi connectivity index (χ0) is 12.0. The van der Waals surface area contributed by atoms with Crippen LogP contribution < -0.4 is 5.32 Å². The second-order valence-corrected chi connectivity index (χ2v) is 3.23. The molecule has 1 atom stereocenters. The molecule has 0 saturated heterocycles. The van der Waals surface area contributed by atoms with Gasteiger partial charge in [-0.3, -0.25) is 0 Å². The molecule has 0 unspecified atom stereocenters. The first kappa shape index (κ1) is 12.2. The Bertz CT molecular complexity index is 379. The average molecular weight is 223 g/mol. The second kappa shape index (κ2) is 5.90. The van der Waals surface area contributed by atoms with Crippen LogP contribution in [0.4, 0.5) is 9.18 Å². The number of hydrogen-bond donors (Lipinski definition) is 1. The molecule has 1 aromatic carbocycles.